The van der Waals surface area contributed by atoms with Crippen molar-refractivity contribution in [3.63, 3.8) is 0 Å². The molecular formula is C36H30N2O4. The summed E-state index contributed by atoms with van der Waals surface area (Å²) in [7, 11) is 0. The van der Waals surface area contributed by atoms with Gasteiger partial charge < -0.3 is 0 Å². The number of allylic oxidation sites excluding steroid dienone is 4. The highest BCUT2D eigenvalue weighted by atomic mass is 16.2. The molecule has 0 unspecified atom stereocenters. The van der Waals surface area contributed by atoms with Crippen LogP contribution in [0.15, 0.2) is 96.6 Å². The van der Waals surface area contributed by atoms with Crippen molar-refractivity contribution in [3.05, 3.63) is 113 Å². The molecule has 4 amide bonds. The van der Waals surface area contributed by atoms with Crippen molar-refractivity contribution in [3.8, 4) is 0 Å². The minimum absolute atomic E-state index is 0.177. The molecule has 6 aliphatic rings. The summed E-state index contributed by atoms with van der Waals surface area (Å²) in [6, 6.07) is 25.0. The van der Waals surface area contributed by atoms with Gasteiger partial charge in [0, 0.05) is 11.8 Å². The molecule has 4 aliphatic carbocycles. The van der Waals surface area contributed by atoms with Crippen LogP contribution >= 0.6 is 0 Å². The van der Waals surface area contributed by atoms with Crippen LogP contribution in [0.4, 0.5) is 11.4 Å². The van der Waals surface area contributed by atoms with E-state index in [0.717, 1.165) is 27.8 Å². The predicted octanol–water partition coefficient (Wildman–Crippen LogP) is 5.50. The molecular weight excluding hydrogens is 524 g/mol. The van der Waals surface area contributed by atoms with Crippen LogP contribution < -0.4 is 9.80 Å². The average Bonchev–Trinajstić information content (AvgIpc) is 3.43. The fourth-order valence-electron chi connectivity index (χ4n) is 8.41. The first kappa shape index (κ1) is 25.2. The Hall–Kier alpha value is -4.58. The first-order valence-corrected chi connectivity index (χ1v) is 14.7. The molecule has 0 spiro atoms. The molecule has 9 rings (SSSR count). The third-order valence-electron chi connectivity index (χ3n) is 10.2. The molecule has 2 aliphatic heterocycles. The zero-order chi connectivity index (χ0) is 28.9. The van der Waals surface area contributed by atoms with Crippen LogP contribution in [-0.2, 0) is 19.2 Å². The second-order valence-corrected chi connectivity index (χ2v) is 12.4. The topological polar surface area (TPSA) is 74.8 Å². The fraction of sp³-hybridized carbons (Fsp3) is 0.278. The number of nitrogens with zero attached hydrogens (tertiary/aromatic N) is 2. The smallest absolute Gasteiger partial charge is 0.238 e. The maximum atomic E-state index is 14.3. The molecule has 0 aromatic heterocycles. The quantitative estimate of drug-likeness (QED) is 0.316. The molecule has 2 saturated heterocycles. The van der Waals surface area contributed by atoms with Gasteiger partial charge in [-0.05, 0) is 61.6 Å². The normalized spacial score (nSPS) is 31.1. The van der Waals surface area contributed by atoms with E-state index in [4.69, 9.17) is 0 Å². The minimum Gasteiger partial charge on any atom is -0.274 e. The number of carbonyl (C=O) groups is 4. The Labute approximate surface area is 244 Å². The minimum atomic E-state index is -0.573. The van der Waals surface area contributed by atoms with Crippen LogP contribution in [0.25, 0.3) is 5.57 Å². The molecule has 7 atom stereocenters. The molecule has 0 radical (unpaired) electrons. The van der Waals surface area contributed by atoms with Gasteiger partial charge in [-0.1, -0.05) is 83.4 Å². The number of fused-ring (bicyclic) bond motifs is 1. The van der Waals surface area contributed by atoms with Crippen molar-refractivity contribution in [2.75, 3.05) is 9.80 Å². The van der Waals surface area contributed by atoms with Crippen molar-refractivity contribution in [2.45, 2.75) is 20.3 Å². The van der Waals surface area contributed by atoms with Crippen molar-refractivity contribution in [1.82, 2.24) is 0 Å². The molecule has 42 heavy (non-hydrogen) atoms. The first-order valence-electron chi connectivity index (χ1n) is 14.7. The van der Waals surface area contributed by atoms with Crippen molar-refractivity contribution in [2.24, 2.45) is 41.4 Å². The Kier molecular flexibility index (Phi) is 5.37. The highest BCUT2D eigenvalue weighted by molar-refractivity contribution is 6.24. The summed E-state index contributed by atoms with van der Waals surface area (Å²) >= 11 is 0. The lowest BCUT2D eigenvalue weighted by Gasteiger charge is -2.51. The molecule has 2 bridgehead atoms. The van der Waals surface area contributed by atoms with E-state index < -0.39 is 23.7 Å². The van der Waals surface area contributed by atoms with E-state index in [1.165, 1.54) is 9.80 Å². The maximum Gasteiger partial charge on any atom is 0.238 e. The highest BCUT2D eigenvalue weighted by Gasteiger charge is 2.67. The van der Waals surface area contributed by atoms with E-state index in [-0.39, 0.29) is 41.4 Å². The van der Waals surface area contributed by atoms with E-state index in [2.05, 4.69) is 12.2 Å². The zero-order valence-corrected chi connectivity index (χ0v) is 23.4. The molecule has 3 aromatic rings. The number of carbonyl (C=O) groups excluding carboxylic acids is 4. The predicted molar refractivity (Wildman–Crippen MR) is 159 cm³/mol. The van der Waals surface area contributed by atoms with E-state index in [0.29, 0.717) is 17.8 Å². The number of imide groups is 2. The molecule has 0 N–H and O–H groups in total. The van der Waals surface area contributed by atoms with Crippen molar-refractivity contribution >= 4 is 40.6 Å². The number of benzene rings is 3. The summed E-state index contributed by atoms with van der Waals surface area (Å²) in [5.41, 5.74) is 6.38. The third kappa shape index (κ3) is 3.32. The van der Waals surface area contributed by atoms with Crippen LogP contribution in [0, 0.1) is 55.3 Å². The molecule has 2 heterocycles. The second-order valence-electron chi connectivity index (χ2n) is 12.4. The monoisotopic (exact) mass is 554 g/mol. The van der Waals surface area contributed by atoms with Gasteiger partial charge in [-0.3, -0.25) is 29.0 Å². The third-order valence-corrected chi connectivity index (χ3v) is 10.2. The Morgan fingerprint density at radius 2 is 1.12 bits per heavy atom. The SMILES string of the molecule is Cc1ccc(N2C(=O)[C@@H]3[C@H]4C=C[C@H](C5=C(c6ccccc6)C[C@H]6C(=O)N(c7ccc(C)cc7)C(=O)[C@H]6[C@H]54)[C@H]3C2=O)cc1. The number of hydrogen-bond donors (Lipinski definition) is 0. The lowest BCUT2D eigenvalue weighted by molar-refractivity contribution is -0.129. The second kappa shape index (κ2) is 8.96. The van der Waals surface area contributed by atoms with Gasteiger partial charge in [0.15, 0.2) is 0 Å². The molecule has 3 fully saturated rings. The Balaban J connectivity index is 1.28. The maximum absolute atomic E-state index is 14.3. The average molecular weight is 555 g/mol. The lowest BCUT2D eigenvalue weighted by Crippen LogP contribution is -2.51. The highest BCUT2D eigenvalue weighted by Crippen LogP contribution is 2.63. The largest absolute Gasteiger partial charge is 0.274 e. The zero-order valence-electron chi connectivity index (χ0n) is 23.4. The fourth-order valence-corrected chi connectivity index (χ4v) is 8.41. The number of rotatable bonds is 3. The van der Waals surface area contributed by atoms with Crippen molar-refractivity contribution < 1.29 is 19.2 Å². The van der Waals surface area contributed by atoms with Gasteiger partial charge >= 0.3 is 0 Å². The van der Waals surface area contributed by atoms with Crippen molar-refractivity contribution in [1.29, 1.82) is 0 Å². The molecule has 3 aromatic carbocycles. The van der Waals surface area contributed by atoms with E-state index >= 15 is 0 Å². The Morgan fingerprint density at radius 1 is 0.571 bits per heavy atom. The summed E-state index contributed by atoms with van der Waals surface area (Å²) in [4.78, 5) is 59.2. The van der Waals surface area contributed by atoms with Gasteiger partial charge in [0.2, 0.25) is 23.6 Å². The molecule has 1 saturated carbocycles. The Morgan fingerprint density at radius 3 is 1.74 bits per heavy atom. The number of amides is 4. The van der Waals surface area contributed by atoms with E-state index in [1.54, 1.807) is 0 Å². The van der Waals surface area contributed by atoms with E-state index in [9.17, 15) is 19.2 Å². The summed E-state index contributed by atoms with van der Waals surface area (Å²) in [5.74, 6) is -3.90. The van der Waals surface area contributed by atoms with Crippen LogP contribution in [0.3, 0.4) is 0 Å². The molecule has 208 valence electrons. The van der Waals surface area contributed by atoms with Gasteiger partial charge in [0.25, 0.3) is 0 Å². The van der Waals surface area contributed by atoms with Gasteiger partial charge in [-0.2, -0.15) is 0 Å². The molecule has 6 heteroatoms. The van der Waals surface area contributed by atoms with Gasteiger partial charge in [0.05, 0.1) is 35.0 Å². The number of aryl methyl sites for hydroxylation is 2. The summed E-state index contributed by atoms with van der Waals surface area (Å²) in [6.07, 6.45) is 4.58. The Bertz CT molecular complexity index is 1740. The van der Waals surface area contributed by atoms with Crippen LogP contribution in [0.2, 0.25) is 0 Å². The van der Waals surface area contributed by atoms with Gasteiger partial charge in [-0.25, -0.2) is 0 Å². The number of anilines is 2. The van der Waals surface area contributed by atoms with Gasteiger partial charge in [0.1, 0.15) is 0 Å². The summed E-state index contributed by atoms with van der Waals surface area (Å²) in [5, 5.41) is 0. The summed E-state index contributed by atoms with van der Waals surface area (Å²) < 4.78 is 0. The van der Waals surface area contributed by atoms with Gasteiger partial charge in [-0.15, -0.1) is 0 Å². The van der Waals surface area contributed by atoms with Crippen LogP contribution in [-0.4, -0.2) is 23.6 Å². The van der Waals surface area contributed by atoms with Crippen LogP contribution in [0.1, 0.15) is 23.1 Å². The number of hydrogen-bond acceptors (Lipinski definition) is 4. The summed E-state index contributed by atoms with van der Waals surface area (Å²) in [6.45, 7) is 3.95. The standard InChI is InChI=1S/C36H30N2O4/c1-19-8-12-22(13-9-19)37-33(39)27-18-26(21-6-4-3-5-7-21)28-24-16-17-25(29(28)32(27)36(37)42)31-30(24)34(40)38(35(31)41)23-14-10-20(2)11-15-23/h3-17,24-25,27,29-32H,18H2,1-2H3/t24-,25+,27-,29+,30-,31-,32-/m1/s1. The molecule has 6 nitrogen and oxygen atoms in total. The lowest BCUT2D eigenvalue weighted by atomic mass is 9.49. The first-order chi connectivity index (χ1) is 20.3. The van der Waals surface area contributed by atoms with E-state index in [1.807, 2.05) is 92.7 Å². The van der Waals surface area contributed by atoms with Crippen LogP contribution in [0.5, 0.6) is 0 Å².